The molecule has 0 bridgehead atoms. The third-order valence-electron chi connectivity index (χ3n) is 6.95. The number of anilines is 3. The maximum Gasteiger partial charge on any atom is 0.0462 e. The molecule has 3 aromatic carbocycles. The molecule has 3 rings (SSSR count). The molecule has 0 atom stereocenters. The number of hydrogen-bond donors (Lipinski definition) is 0. The van der Waals surface area contributed by atoms with Crippen LogP contribution in [0.25, 0.3) is 6.08 Å². The topological polar surface area (TPSA) is 3.24 Å². The monoisotopic (exact) mass is 439 g/mol. The van der Waals surface area contributed by atoms with E-state index in [4.69, 9.17) is 0 Å². The number of hydrogen-bond acceptors (Lipinski definition) is 1. The van der Waals surface area contributed by atoms with Gasteiger partial charge in [-0.25, -0.2) is 0 Å². The average Bonchev–Trinajstić information content (AvgIpc) is 2.80. The maximum absolute atomic E-state index is 3.90. The molecular weight excluding hydrogens is 398 g/mol. The van der Waals surface area contributed by atoms with Gasteiger partial charge in [0.15, 0.2) is 0 Å². The summed E-state index contributed by atoms with van der Waals surface area (Å²) in [6.45, 7) is 17.8. The standard InChI is InChI=1S/C32H41N/c1-8-23-31(4,5)26-13-19-29(20-14-26)33(28-17-11-25(10-3)12-18-28)30-21-15-27(16-22-30)32(6,7)24-9-2/h10-22H,3,8-9,23-24H2,1-2,4-7H3. The summed E-state index contributed by atoms with van der Waals surface area (Å²) in [7, 11) is 0. The summed E-state index contributed by atoms with van der Waals surface area (Å²) >= 11 is 0. The van der Waals surface area contributed by atoms with E-state index in [1.807, 2.05) is 6.08 Å². The lowest BCUT2D eigenvalue weighted by Gasteiger charge is -2.29. The Morgan fingerprint density at radius 2 is 0.939 bits per heavy atom. The lowest BCUT2D eigenvalue weighted by Crippen LogP contribution is -2.18. The molecular formula is C32H41N. The third kappa shape index (κ3) is 5.77. The highest BCUT2D eigenvalue weighted by Crippen LogP contribution is 2.38. The van der Waals surface area contributed by atoms with Gasteiger partial charge in [0, 0.05) is 17.1 Å². The van der Waals surface area contributed by atoms with Crippen molar-refractivity contribution in [3.05, 3.63) is 96.1 Å². The fraction of sp³-hybridized carbons (Fsp3) is 0.375. The summed E-state index contributed by atoms with van der Waals surface area (Å²) in [6.07, 6.45) is 6.65. The SMILES string of the molecule is C=Cc1ccc(N(c2ccc(C(C)(C)CCC)cc2)c2ccc(C(C)(C)CCC)cc2)cc1. The molecule has 0 amide bonds. The molecule has 0 radical (unpaired) electrons. The predicted molar refractivity (Wildman–Crippen MR) is 147 cm³/mol. The first kappa shape index (κ1) is 24.8. The van der Waals surface area contributed by atoms with Crippen LogP contribution in [0.5, 0.6) is 0 Å². The maximum atomic E-state index is 3.90. The summed E-state index contributed by atoms with van der Waals surface area (Å²) in [5, 5.41) is 0. The first-order valence-corrected chi connectivity index (χ1v) is 12.5. The van der Waals surface area contributed by atoms with Crippen LogP contribution in [0.2, 0.25) is 0 Å². The molecule has 1 heteroatoms. The van der Waals surface area contributed by atoms with Crippen LogP contribution in [0, 0.1) is 0 Å². The normalized spacial score (nSPS) is 11.9. The van der Waals surface area contributed by atoms with E-state index >= 15 is 0 Å². The van der Waals surface area contributed by atoms with E-state index in [9.17, 15) is 0 Å². The Morgan fingerprint density at radius 3 is 1.24 bits per heavy atom. The summed E-state index contributed by atoms with van der Waals surface area (Å²) in [5.74, 6) is 0. The Hall–Kier alpha value is -2.80. The van der Waals surface area contributed by atoms with Crippen molar-refractivity contribution in [3.63, 3.8) is 0 Å². The van der Waals surface area contributed by atoms with Crippen LogP contribution in [0.3, 0.4) is 0 Å². The molecule has 0 fully saturated rings. The van der Waals surface area contributed by atoms with Crippen LogP contribution in [0.4, 0.5) is 17.1 Å². The van der Waals surface area contributed by atoms with Gasteiger partial charge in [-0.2, -0.15) is 0 Å². The van der Waals surface area contributed by atoms with Gasteiger partial charge in [-0.3, -0.25) is 0 Å². The van der Waals surface area contributed by atoms with Gasteiger partial charge in [-0.1, -0.05) is 103 Å². The highest BCUT2D eigenvalue weighted by molar-refractivity contribution is 5.77. The van der Waals surface area contributed by atoms with Crippen LogP contribution in [-0.2, 0) is 10.8 Å². The zero-order valence-electron chi connectivity index (χ0n) is 21.5. The lowest BCUT2D eigenvalue weighted by atomic mass is 9.80. The molecule has 0 saturated heterocycles. The van der Waals surface area contributed by atoms with Crippen molar-refractivity contribution >= 4 is 23.1 Å². The molecule has 0 saturated carbocycles. The molecule has 0 N–H and O–H groups in total. The molecule has 3 aromatic rings. The van der Waals surface area contributed by atoms with Gasteiger partial charge in [0.05, 0.1) is 0 Å². The van der Waals surface area contributed by atoms with E-state index in [0.29, 0.717) is 0 Å². The molecule has 0 unspecified atom stereocenters. The Kier molecular flexibility index (Phi) is 7.84. The van der Waals surface area contributed by atoms with Gasteiger partial charge in [0.25, 0.3) is 0 Å². The van der Waals surface area contributed by atoms with Gasteiger partial charge in [0.1, 0.15) is 0 Å². The summed E-state index contributed by atoms with van der Waals surface area (Å²) in [5.41, 5.74) is 7.81. The van der Waals surface area contributed by atoms with Crippen LogP contribution in [-0.4, -0.2) is 0 Å². The molecule has 1 nitrogen and oxygen atoms in total. The van der Waals surface area contributed by atoms with E-state index in [0.717, 1.165) is 11.3 Å². The average molecular weight is 440 g/mol. The summed E-state index contributed by atoms with van der Waals surface area (Å²) < 4.78 is 0. The van der Waals surface area contributed by atoms with Crippen molar-refractivity contribution in [3.8, 4) is 0 Å². The predicted octanol–water partition coefficient (Wildman–Crippen LogP) is 9.95. The second-order valence-corrected chi connectivity index (χ2v) is 10.5. The number of nitrogens with zero attached hydrogens (tertiary/aromatic N) is 1. The number of rotatable bonds is 10. The first-order chi connectivity index (χ1) is 15.7. The Morgan fingerprint density at radius 1 is 0.606 bits per heavy atom. The minimum atomic E-state index is 0.191. The first-order valence-electron chi connectivity index (χ1n) is 12.5. The highest BCUT2D eigenvalue weighted by atomic mass is 15.1. The molecule has 0 aromatic heterocycles. The largest absolute Gasteiger partial charge is 0.311 e. The molecule has 0 aliphatic heterocycles. The quantitative estimate of drug-likeness (QED) is 0.304. The van der Waals surface area contributed by atoms with Crippen molar-refractivity contribution in [2.45, 2.75) is 78.1 Å². The van der Waals surface area contributed by atoms with Crippen molar-refractivity contribution in [2.75, 3.05) is 4.90 Å². The van der Waals surface area contributed by atoms with E-state index in [2.05, 4.69) is 126 Å². The van der Waals surface area contributed by atoms with Crippen molar-refractivity contribution in [2.24, 2.45) is 0 Å². The molecule has 0 spiro atoms. The Labute approximate surface area is 202 Å². The minimum Gasteiger partial charge on any atom is -0.311 e. The van der Waals surface area contributed by atoms with Gasteiger partial charge in [-0.05, 0) is 76.8 Å². The van der Waals surface area contributed by atoms with E-state index in [1.54, 1.807) is 0 Å². The van der Waals surface area contributed by atoms with Crippen LogP contribution in [0.1, 0.15) is 83.9 Å². The Balaban J connectivity index is 2.03. The molecule has 0 aliphatic rings. The second kappa shape index (κ2) is 10.4. The van der Waals surface area contributed by atoms with Crippen molar-refractivity contribution in [1.29, 1.82) is 0 Å². The van der Waals surface area contributed by atoms with Crippen LogP contribution >= 0.6 is 0 Å². The van der Waals surface area contributed by atoms with Crippen LogP contribution < -0.4 is 4.90 Å². The van der Waals surface area contributed by atoms with Gasteiger partial charge in [-0.15, -0.1) is 0 Å². The second-order valence-electron chi connectivity index (χ2n) is 10.5. The zero-order valence-corrected chi connectivity index (χ0v) is 21.5. The summed E-state index contributed by atoms with van der Waals surface area (Å²) in [6, 6.07) is 26.9. The fourth-order valence-corrected chi connectivity index (χ4v) is 4.87. The van der Waals surface area contributed by atoms with Crippen molar-refractivity contribution < 1.29 is 0 Å². The Bertz CT molecular complexity index is 960. The molecule has 33 heavy (non-hydrogen) atoms. The zero-order chi connectivity index (χ0) is 24.1. The van der Waals surface area contributed by atoms with Crippen molar-refractivity contribution in [1.82, 2.24) is 0 Å². The minimum absolute atomic E-state index is 0.191. The van der Waals surface area contributed by atoms with Gasteiger partial charge in [0.2, 0.25) is 0 Å². The lowest BCUT2D eigenvalue weighted by molar-refractivity contribution is 0.473. The fourth-order valence-electron chi connectivity index (χ4n) is 4.87. The van der Waals surface area contributed by atoms with E-state index < -0.39 is 0 Å². The molecule has 0 aliphatic carbocycles. The highest BCUT2D eigenvalue weighted by Gasteiger charge is 2.22. The smallest absolute Gasteiger partial charge is 0.0462 e. The molecule has 174 valence electrons. The van der Waals surface area contributed by atoms with Crippen LogP contribution in [0.15, 0.2) is 79.4 Å². The molecule has 0 heterocycles. The summed E-state index contributed by atoms with van der Waals surface area (Å²) in [4.78, 5) is 2.35. The number of benzene rings is 3. The van der Waals surface area contributed by atoms with E-state index in [-0.39, 0.29) is 10.8 Å². The third-order valence-corrected chi connectivity index (χ3v) is 6.95. The van der Waals surface area contributed by atoms with Gasteiger partial charge >= 0.3 is 0 Å². The van der Waals surface area contributed by atoms with Gasteiger partial charge < -0.3 is 4.90 Å². The van der Waals surface area contributed by atoms with E-state index in [1.165, 1.54) is 48.2 Å².